The first kappa shape index (κ1) is 20.4. The molecule has 0 bridgehead atoms. The predicted octanol–water partition coefficient (Wildman–Crippen LogP) is 3.45. The molecular formula is C24H38O6. The molecule has 0 aromatic rings. The third-order valence-corrected chi connectivity index (χ3v) is 8.36. The maximum absolute atomic E-state index is 6.74. The molecule has 6 heteroatoms. The second-order valence-corrected chi connectivity index (χ2v) is 10.7. The molecule has 4 aliphatic heterocycles. The van der Waals surface area contributed by atoms with Crippen LogP contribution in [0.3, 0.4) is 0 Å². The average molecular weight is 423 g/mol. The molecule has 4 heterocycles. The van der Waals surface area contributed by atoms with Crippen molar-refractivity contribution in [1.82, 2.24) is 0 Å². The zero-order valence-corrected chi connectivity index (χ0v) is 18.3. The van der Waals surface area contributed by atoms with Gasteiger partial charge in [0.2, 0.25) is 0 Å². The molecule has 9 unspecified atom stereocenters. The maximum atomic E-state index is 6.74. The lowest BCUT2D eigenvalue weighted by molar-refractivity contribution is -0.283. The van der Waals surface area contributed by atoms with Crippen LogP contribution >= 0.6 is 0 Å². The lowest BCUT2D eigenvalue weighted by atomic mass is 9.75. The maximum Gasteiger partial charge on any atom is 0.171 e. The largest absolute Gasteiger partial charge is 0.371 e. The topological polar surface area (TPSA) is 68.6 Å². The van der Waals surface area contributed by atoms with Crippen LogP contribution in [0.25, 0.3) is 0 Å². The summed E-state index contributed by atoms with van der Waals surface area (Å²) in [5.41, 5.74) is 0. The quantitative estimate of drug-likeness (QED) is 0.354. The summed E-state index contributed by atoms with van der Waals surface area (Å²) in [5, 5.41) is 0. The van der Waals surface area contributed by atoms with Gasteiger partial charge < -0.3 is 28.4 Å². The molecule has 2 aliphatic carbocycles. The number of hydrogen-bond acceptors (Lipinski definition) is 6. The fourth-order valence-electron chi connectivity index (χ4n) is 6.19. The van der Waals surface area contributed by atoms with Crippen LogP contribution in [0.4, 0.5) is 0 Å². The van der Waals surface area contributed by atoms with E-state index in [1.807, 2.05) is 0 Å². The van der Waals surface area contributed by atoms with E-state index in [9.17, 15) is 0 Å². The minimum atomic E-state index is -0.527. The van der Waals surface area contributed by atoms with E-state index in [4.69, 9.17) is 28.4 Å². The summed E-state index contributed by atoms with van der Waals surface area (Å²) in [6.45, 7) is 5.25. The van der Waals surface area contributed by atoms with Gasteiger partial charge in [-0.3, -0.25) is 0 Å². The van der Waals surface area contributed by atoms with E-state index in [2.05, 4.69) is 6.92 Å². The van der Waals surface area contributed by atoms with Gasteiger partial charge in [0.1, 0.15) is 12.2 Å². The van der Waals surface area contributed by atoms with Crippen molar-refractivity contribution >= 4 is 0 Å². The molecule has 0 radical (unpaired) electrons. The van der Waals surface area contributed by atoms with Gasteiger partial charge in [-0.25, -0.2) is 0 Å². The van der Waals surface area contributed by atoms with Crippen LogP contribution in [0.5, 0.6) is 0 Å². The van der Waals surface area contributed by atoms with Gasteiger partial charge in [0.25, 0.3) is 0 Å². The number of hydrogen-bond donors (Lipinski definition) is 0. The second kappa shape index (κ2) is 8.27. The Hall–Kier alpha value is -0.240. The monoisotopic (exact) mass is 422 g/mol. The molecule has 0 amide bonds. The van der Waals surface area contributed by atoms with Crippen LogP contribution < -0.4 is 0 Å². The number of ether oxygens (including phenoxy) is 6. The normalized spacial score (nSPS) is 46.3. The van der Waals surface area contributed by atoms with E-state index in [-0.39, 0.29) is 12.2 Å². The molecule has 0 aromatic heterocycles. The highest BCUT2D eigenvalue weighted by Gasteiger charge is 2.51. The van der Waals surface area contributed by atoms with Gasteiger partial charge in [0, 0.05) is 12.3 Å². The summed E-state index contributed by atoms with van der Waals surface area (Å²) in [4.78, 5) is 0. The Morgan fingerprint density at radius 1 is 0.800 bits per heavy atom. The van der Waals surface area contributed by atoms with Crippen LogP contribution in [-0.2, 0) is 28.4 Å². The molecule has 6 rings (SSSR count). The molecule has 0 N–H and O–H groups in total. The van der Waals surface area contributed by atoms with E-state index in [1.54, 1.807) is 0 Å². The lowest BCUT2D eigenvalue weighted by Gasteiger charge is -2.44. The zero-order chi connectivity index (χ0) is 20.1. The van der Waals surface area contributed by atoms with Crippen molar-refractivity contribution in [2.75, 3.05) is 26.4 Å². The summed E-state index contributed by atoms with van der Waals surface area (Å²) in [6, 6.07) is 0. The molecule has 0 aromatic carbocycles. The highest BCUT2D eigenvalue weighted by atomic mass is 16.7. The summed E-state index contributed by atoms with van der Waals surface area (Å²) in [6.07, 6.45) is 13.2. The first-order chi connectivity index (χ1) is 14.7. The Bertz CT molecular complexity index is 589. The zero-order valence-electron chi connectivity index (χ0n) is 18.3. The third-order valence-electron chi connectivity index (χ3n) is 8.36. The molecule has 30 heavy (non-hydrogen) atoms. The van der Waals surface area contributed by atoms with Crippen LogP contribution in [0.15, 0.2) is 0 Å². The van der Waals surface area contributed by atoms with Gasteiger partial charge in [-0.15, -0.1) is 0 Å². The van der Waals surface area contributed by atoms with Crippen molar-refractivity contribution in [2.45, 2.75) is 107 Å². The Morgan fingerprint density at radius 2 is 1.37 bits per heavy atom. The first-order valence-corrected chi connectivity index (χ1v) is 12.5. The predicted molar refractivity (Wildman–Crippen MR) is 109 cm³/mol. The Morgan fingerprint density at radius 3 is 1.90 bits per heavy atom. The van der Waals surface area contributed by atoms with Gasteiger partial charge in [0.05, 0.1) is 50.8 Å². The van der Waals surface area contributed by atoms with Gasteiger partial charge in [-0.05, 0) is 63.2 Å². The Kier molecular flexibility index (Phi) is 5.62. The van der Waals surface area contributed by atoms with E-state index in [0.29, 0.717) is 49.5 Å². The summed E-state index contributed by atoms with van der Waals surface area (Å²) in [5.74, 6) is 1.21. The van der Waals surface area contributed by atoms with E-state index < -0.39 is 5.79 Å². The van der Waals surface area contributed by atoms with Gasteiger partial charge >= 0.3 is 0 Å². The smallest absolute Gasteiger partial charge is 0.171 e. The fraction of sp³-hybridized carbons (Fsp3) is 1.00. The lowest BCUT2D eigenvalue weighted by Crippen LogP contribution is -2.48. The fourth-order valence-corrected chi connectivity index (χ4v) is 6.19. The number of fused-ring (bicyclic) bond motifs is 2. The van der Waals surface area contributed by atoms with Crippen molar-refractivity contribution in [2.24, 2.45) is 17.8 Å². The Balaban J connectivity index is 1.19. The highest BCUT2D eigenvalue weighted by molar-refractivity contribution is 4.97. The summed E-state index contributed by atoms with van der Waals surface area (Å²) >= 11 is 0. The van der Waals surface area contributed by atoms with Gasteiger partial charge in [0.15, 0.2) is 5.79 Å². The number of epoxide rings is 4. The molecule has 6 nitrogen and oxygen atoms in total. The molecule has 0 spiro atoms. The molecule has 9 atom stereocenters. The van der Waals surface area contributed by atoms with E-state index >= 15 is 0 Å². The molecule has 6 aliphatic rings. The summed E-state index contributed by atoms with van der Waals surface area (Å²) in [7, 11) is 0. The minimum absolute atomic E-state index is 0.250. The van der Waals surface area contributed by atoms with Crippen molar-refractivity contribution < 1.29 is 28.4 Å². The minimum Gasteiger partial charge on any atom is -0.371 e. The molecule has 6 fully saturated rings. The second-order valence-electron chi connectivity index (χ2n) is 10.7. The number of rotatable bonds is 12. The van der Waals surface area contributed by atoms with Crippen molar-refractivity contribution in [3.8, 4) is 0 Å². The first-order valence-electron chi connectivity index (χ1n) is 12.5. The summed E-state index contributed by atoms with van der Waals surface area (Å²) < 4.78 is 36.1. The van der Waals surface area contributed by atoms with E-state index in [1.165, 1.54) is 38.5 Å². The van der Waals surface area contributed by atoms with Crippen LogP contribution in [-0.4, -0.2) is 68.8 Å². The average Bonchev–Trinajstić information content (AvgIpc) is 3.62. The molecule has 170 valence electrons. The van der Waals surface area contributed by atoms with Gasteiger partial charge in [-0.1, -0.05) is 6.92 Å². The standard InChI is InChI=1S/C24H38O6/c1-2-17(7-15-3-5-20-22(8-15)29-20)24(27-13-18-11-25-18,28-14-19-12-26-19)10-16-4-6-21-23(9-16)30-21/h15-23H,2-14H2,1H3. The van der Waals surface area contributed by atoms with Crippen LogP contribution in [0, 0.1) is 17.8 Å². The third kappa shape index (κ3) is 4.74. The molecule has 4 saturated heterocycles. The van der Waals surface area contributed by atoms with Crippen molar-refractivity contribution in [1.29, 1.82) is 0 Å². The van der Waals surface area contributed by atoms with Crippen LogP contribution in [0.1, 0.15) is 64.7 Å². The molecule has 2 saturated carbocycles. The van der Waals surface area contributed by atoms with Crippen molar-refractivity contribution in [3.63, 3.8) is 0 Å². The molecular weight excluding hydrogens is 384 g/mol. The Labute approximate surface area is 180 Å². The van der Waals surface area contributed by atoms with Gasteiger partial charge in [-0.2, -0.15) is 0 Å². The highest BCUT2D eigenvalue weighted by Crippen LogP contribution is 2.48. The van der Waals surface area contributed by atoms with E-state index in [0.717, 1.165) is 38.4 Å². The SMILES string of the molecule is CCC(CC1CCC2OC2C1)C(CC1CCC2OC2C1)(OCC1CO1)OCC1CO1. The van der Waals surface area contributed by atoms with Crippen LogP contribution in [0.2, 0.25) is 0 Å². The van der Waals surface area contributed by atoms with Crippen molar-refractivity contribution in [3.05, 3.63) is 0 Å².